The fraction of sp³-hybridized carbons (Fsp3) is 0.909. The van der Waals surface area contributed by atoms with Crippen LogP contribution in [0.1, 0.15) is 38.5 Å². The summed E-state index contributed by atoms with van der Waals surface area (Å²) in [4.78, 5) is 11.3. The van der Waals surface area contributed by atoms with E-state index in [4.69, 9.17) is 0 Å². The van der Waals surface area contributed by atoms with Gasteiger partial charge < -0.3 is 15.7 Å². The van der Waals surface area contributed by atoms with E-state index >= 15 is 0 Å². The maximum atomic E-state index is 11.3. The van der Waals surface area contributed by atoms with Gasteiger partial charge in [0.1, 0.15) is 0 Å². The molecule has 0 radical (unpaired) electrons. The molecule has 15 heavy (non-hydrogen) atoms. The Hall–Kier alpha value is -0.610. The van der Waals surface area contributed by atoms with Crippen LogP contribution in [0, 0.1) is 0 Å². The molecule has 86 valence electrons. The SMILES string of the molecule is O=C(CCNCC1(O)CCC1)NC1CC1. The van der Waals surface area contributed by atoms with Crippen molar-refractivity contribution in [2.45, 2.75) is 50.2 Å². The first-order chi connectivity index (χ1) is 7.18. The fourth-order valence-corrected chi connectivity index (χ4v) is 1.81. The highest BCUT2D eigenvalue weighted by atomic mass is 16.3. The van der Waals surface area contributed by atoms with Gasteiger partial charge in [-0.2, -0.15) is 0 Å². The number of hydrogen-bond acceptors (Lipinski definition) is 3. The van der Waals surface area contributed by atoms with Crippen molar-refractivity contribution in [3.05, 3.63) is 0 Å². The number of amides is 1. The second-order valence-corrected chi connectivity index (χ2v) is 4.85. The van der Waals surface area contributed by atoms with Crippen molar-refractivity contribution in [1.82, 2.24) is 10.6 Å². The number of hydrogen-bond donors (Lipinski definition) is 3. The lowest BCUT2D eigenvalue weighted by Crippen LogP contribution is -2.46. The van der Waals surface area contributed by atoms with Crippen LogP contribution in [0.25, 0.3) is 0 Å². The summed E-state index contributed by atoms with van der Waals surface area (Å²) in [6, 6.07) is 0.452. The highest BCUT2D eigenvalue weighted by Gasteiger charge is 2.33. The monoisotopic (exact) mass is 212 g/mol. The van der Waals surface area contributed by atoms with Crippen LogP contribution in [0.2, 0.25) is 0 Å². The zero-order valence-corrected chi connectivity index (χ0v) is 9.09. The minimum Gasteiger partial charge on any atom is -0.389 e. The minimum atomic E-state index is -0.479. The molecule has 0 aromatic carbocycles. The van der Waals surface area contributed by atoms with Gasteiger partial charge in [0.05, 0.1) is 5.60 Å². The van der Waals surface area contributed by atoms with Crippen LogP contribution >= 0.6 is 0 Å². The number of carbonyl (C=O) groups excluding carboxylic acids is 1. The molecular weight excluding hydrogens is 192 g/mol. The molecule has 0 bridgehead atoms. The van der Waals surface area contributed by atoms with Crippen molar-refractivity contribution in [3.8, 4) is 0 Å². The van der Waals surface area contributed by atoms with Crippen molar-refractivity contribution < 1.29 is 9.90 Å². The van der Waals surface area contributed by atoms with E-state index in [1.54, 1.807) is 0 Å². The van der Waals surface area contributed by atoms with E-state index in [0.29, 0.717) is 25.6 Å². The second kappa shape index (κ2) is 4.49. The molecule has 0 saturated heterocycles. The Morgan fingerprint density at radius 1 is 1.40 bits per heavy atom. The molecule has 0 spiro atoms. The fourth-order valence-electron chi connectivity index (χ4n) is 1.81. The van der Waals surface area contributed by atoms with Gasteiger partial charge in [0, 0.05) is 25.6 Å². The second-order valence-electron chi connectivity index (χ2n) is 4.85. The van der Waals surface area contributed by atoms with Gasteiger partial charge in [-0.05, 0) is 32.1 Å². The summed E-state index contributed by atoms with van der Waals surface area (Å²) in [6.07, 6.45) is 5.72. The molecule has 2 saturated carbocycles. The topological polar surface area (TPSA) is 61.4 Å². The predicted octanol–water partition coefficient (Wildman–Crippen LogP) is 0.160. The van der Waals surface area contributed by atoms with Crippen LogP contribution in [-0.4, -0.2) is 35.7 Å². The quantitative estimate of drug-likeness (QED) is 0.550. The molecule has 0 heterocycles. The summed E-state index contributed by atoms with van der Waals surface area (Å²) in [7, 11) is 0. The van der Waals surface area contributed by atoms with Crippen molar-refractivity contribution >= 4 is 5.91 Å². The maximum absolute atomic E-state index is 11.3. The van der Waals surface area contributed by atoms with Crippen LogP contribution in [0.4, 0.5) is 0 Å². The Labute approximate surface area is 90.4 Å². The zero-order chi connectivity index (χ0) is 10.7. The van der Waals surface area contributed by atoms with E-state index in [1.165, 1.54) is 0 Å². The molecule has 4 nitrogen and oxygen atoms in total. The first-order valence-electron chi connectivity index (χ1n) is 5.90. The van der Waals surface area contributed by atoms with E-state index in [9.17, 15) is 9.90 Å². The van der Waals surface area contributed by atoms with Crippen LogP contribution in [0.3, 0.4) is 0 Å². The minimum absolute atomic E-state index is 0.130. The standard InChI is InChI=1S/C11H20N2O2/c14-10(13-9-2-3-9)4-7-12-8-11(15)5-1-6-11/h9,12,15H,1-8H2,(H,13,14). The maximum Gasteiger partial charge on any atom is 0.221 e. The predicted molar refractivity (Wildman–Crippen MR) is 57.5 cm³/mol. The van der Waals surface area contributed by atoms with Gasteiger partial charge >= 0.3 is 0 Å². The smallest absolute Gasteiger partial charge is 0.221 e. The Balaban J connectivity index is 1.48. The molecule has 0 atom stereocenters. The molecule has 0 aromatic heterocycles. The number of aliphatic hydroxyl groups is 1. The average molecular weight is 212 g/mol. The lowest BCUT2D eigenvalue weighted by atomic mass is 9.80. The van der Waals surface area contributed by atoms with E-state index in [2.05, 4.69) is 10.6 Å². The van der Waals surface area contributed by atoms with Crippen molar-refractivity contribution in [2.75, 3.05) is 13.1 Å². The molecule has 2 rings (SSSR count). The van der Waals surface area contributed by atoms with Crippen LogP contribution in [0.15, 0.2) is 0 Å². The molecule has 2 fully saturated rings. The van der Waals surface area contributed by atoms with Gasteiger partial charge in [0.15, 0.2) is 0 Å². The van der Waals surface area contributed by atoms with Gasteiger partial charge in [-0.1, -0.05) is 0 Å². The lowest BCUT2D eigenvalue weighted by Gasteiger charge is -2.36. The van der Waals surface area contributed by atoms with E-state index in [0.717, 1.165) is 32.1 Å². The molecule has 2 aliphatic rings. The molecule has 1 amide bonds. The molecule has 0 aromatic rings. The van der Waals surface area contributed by atoms with Crippen molar-refractivity contribution in [1.29, 1.82) is 0 Å². The highest BCUT2D eigenvalue weighted by Crippen LogP contribution is 2.30. The molecule has 0 unspecified atom stereocenters. The van der Waals surface area contributed by atoms with Crippen molar-refractivity contribution in [3.63, 3.8) is 0 Å². The Morgan fingerprint density at radius 3 is 2.67 bits per heavy atom. The summed E-state index contributed by atoms with van der Waals surface area (Å²) in [5, 5.41) is 15.8. The molecule has 4 heteroatoms. The van der Waals surface area contributed by atoms with E-state index in [1.807, 2.05) is 0 Å². The largest absolute Gasteiger partial charge is 0.389 e. The third-order valence-corrected chi connectivity index (χ3v) is 3.21. The van der Waals surface area contributed by atoms with E-state index < -0.39 is 5.60 Å². The van der Waals surface area contributed by atoms with Gasteiger partial charge in [0.2, 0.25) is 5.91 Å². The van der Waals surface area contributed by atoms with Gasteiger partial charge in [0.25, 0.3) is 0 Å². The first kappa shape index (κ1) is 10.9. The third kappa shape index (κ3) is 3.47. The summed E-state index contributed by atoms with van der Waals surface area (Å²) < 4.78 is 0. The van der Waals surface area contributed by atoms with Gasteiger partial charge in [-0.25, -0.2) is 0 Å². The molecule has 3 N–H and O–H groups in total. The summed E-state index contributed by atoms with van der Waals surface area (Å²) in [6.45, 7) is 1.30. The highest BCUT2D eigenvalue weighted by molar-refractivity contribution is 5.76. The van der Waals surface area contributed by atoms with E-state index in [-0.39, 0.29) is 5.91 Å². The van der Waals surface area contributed by atoms with Crippen LogP contribution in [-0.2, 0) is 4.79 Å². The Kier molecular flexibility index (Phi) is 3.26. The zero-order valence-electron chi connectivity index (χ0n) is 9.09. The van der Waals surface area contributed by atoms with Crippen molar-refractivity contribution in [2.24, 2.45) is 0 Å². The number of carbonyl (C=O) groups is 1. The Bertz CT molecular complexity index is 235. The van der Waals surface area contributed by atoms with Gasteiger partial charge in [-0.15, -0.1) is 0 Å². The summed E-state index contributed by atoms with van der Waals surface area (Å²) in [5.74, 6) is 0.130. The number of rotatable bonds is 6. The van der Waals surface area contributed by atoms with Gasteiger partial charge in [-0.3, -0.25) is 4.79 Å². The summed E-state index contributed by atoms with van der Waals surface area (Å²) in [5.41, 5.74) is -0.479. The molecule has 2 aliphatic carbocycles. The summed E-state index contributed by atoms with van der Waals surface area (Å²) >= 11 is 0. The molecule has 0 aliphatic heterocycles. The number of nitrogens with one attached hydrogen (secondary N) is 2. The normalized spacial score (nSPS) is 23.3. The first-order valence-corrected chi connectivity index (χ1v) is 5.90. The average Bonchev–Trinajstić information content (AvgIpc) is 2.93. The van der Waals surface area contributed by atoms with Crippen LogP contribution < -0.4 is 10.6 Å². The molecular formula is C11H20N2O2. The lowest BCUT2D eigenvalue weighted by molar-refractivity contribution is -0.121. The van der Waals surface area contributed by atoms with Crippen LogP contribution in [0.5, 0.6) is 0 Å². The Morgan fingerprint density at radius 2 is 2.13 bits per heavy atom. The third-order valence-electron chi connectivity index (χ3n) is 3.21.